The number of carbonyl (C=O) groups is 3. The van der Waals surface area contributed by atoms with Gasteiger partial charge >= 0.3 is 11.9 Å². The minimum Gasteiger partial charge on any atom is -0.478 e. The van der Waals surface area contributed by atoms with Crippen molar-refractivity contribution in [3.63, 3.8) is 0 Å². The number of aliphatic carboxylic acids is 1. The predicted molar refractivity (Wildman–Crippen MR) is 109 cm³/mol. The van der Waals surface area contributed by atoms with Crippen LogP contribution in [0.3, 0.4) is 0 Å². The van der Waals surface area contributed by atoms with Gasteiger partial charge in [-0.05, 0) is 58.5 Å². The topological polar surface area (TPSA) is 83.9 Å². The first kappa shape index (κ1) is 24.1. The quantitative estimate of drug-likeness (QED) is 0.527. The number of rotatable bonds is 7. The number of hydrogen-bond acceptors (Lipinski definition) is 5. The van der Waals surface area contributed by atoms with Crippen molar-refractivity contribution in [2.24, 2.45) is 16.7 Å². The fourth-order valence-electron chi connectivity index (χ4n) is 4.11. The molecule has 2 aliphatic carbocycles. The first-order valence-corrected chi connectivity index (χ1v) is 9.76. The number of nitrogens with zero attached hydrogens (tertiary/aromatic N) is 1. The highest BCUT2D eigenvalue weighted by atomic mass is 16.5. The fraction of sp³-hybridized carbons (Fsp3) is 0.682. The molecule has 6 nitrogen and oxygen atoms in total. The summed E-state index contributed by atoms with van der Waals surface area (Å²) >= 11 is 0. The first-order valence-electron chi connectivity index (χ1n) is 9.76. The summed E-state index contributed by atoms with van der Waals surface area (Å²) < 4.78 is 4.83. The van der Waals surface area contributed by atoms with Crippen LogP contribution in [-0.4, -0.2) is 55.0 Å². The number of hydrogen-bond donors (Lipinski definition) is 1. The average molecular weight is 394 g/mol. The van der Waals surface area contributed by atoms with Crippen LogP contribution in [0.5, 0.6) is 0 Å². The van der Waals surface area contributed by atoms with Gasteiger partial charge in [-0.2, -0.15) is 0 Å². The lowest BCUT2D eigenvalue weighted by Gasteiger charge is -2.35. The number of esters is 1. The summed E-state index contributed by atoms with van der Waals surface area (Å²) in [5.74, 6) is -0.368. The van der Waals surface area contributed by atoms with Crippen molar-refractivity contribution < 1.29 is 24.2 Å². The maximum atomic E-state index is 12.2. The van der Waals surface area contributed by atoms with Gasteiger partial charge in [-0.15, -0.1) is 0 Å². The number of fused-ring (bicyclic) bond motifs is 2. The van der Waals surface area contributed by atoms with Crippen molar-refractivity contribution in [3.8, 4) is 0 Å². The molecule has 2 unspecified atom stereocenters. The summed E-state index contributed by atoms with van der Waals surface area (Å²) in [5, 5.41) is 8.87. The lowest BCUT2D eigenvalue weighted by Crippen LogP contribution is -2.35. The molecular formula is C22H35NO5. The molecule has 0 spiro atoms. The molecule has 1 N–H and O–H groups in total. The zero-order valence-electron chi connectivity index (χ0n) is 18.1. The van der Waals surface area contributed by atoms with Gasteiger partial charge in [0.05, 0.1) is 0 Å². The highest BCUT2D eigenvalue weighted by Gasteiger charge is 2.63. The summed E-state index contributed by atoms with van der Waals surface area (Å²) in [6.45, 7) is 12.2. The van der Waals surface area contributed by atoms with Crippen molar-refractivity contribution in [1.82, 2.24) is 4.90 Å². The maximum Gasteiger partial charge on any atom is 0.333 e. The number of carbonyl (C=O) groups excluding carboxylic acids is 2. The van der Waals surface area contributed by atoms with Crippen LogP contribution >= 0.6 is 0 Å². The number of ether oxygens (including phenoxy) is 1. The summed E-state index contributed by atoms with van der Waals surface area (Å²) in [4.78, 5) is 35.7. The van der Waals surface area contributed by atoms with Crippen molar-refractivity contribution in [3.05, 3.63) is 23.8 Å². The van der Waals surface area contributed by atoms with E-state index < -0.39 is 5.97 Å². The zero-order chi connectivity index (χ0) is 21.7. The lowest BCUT2D eigenvalue weighted by molar-refractivity contribution is -0.139. The molecule has 2 fully saturated rings. The molecular weight excluding hydrogens is 358 g/mol. The fourth-order valence-corrected chi connectivity index (χ4v) is 4.11. The van der Waals surface area contributed by atoms with Gasteiger partial charge in [0.1, 0.15) is 12.4 Å². The summed E-state index contributed by atoms with van der Waals surface area (Å²) in [6.07, 6.45) is 5.04. The van der Waals surface area contributed by atoms with Crippen molar-refractivity contribution in [1.29, 1.82) is 0 Å². The van der Waals surface area contributed by atoms with E-state index >= 15 is 0 Å². The van der Waals surface area contributed by atoms with E-state index in [1.807, 2.05) is 19.0 Å². The minimum absolute atomic E-state index is 0.0271. The SMILES string of the molecule is C=C(C)C(=O)OCCN(C)C.CC(=CCC12CCC(CC1=O)C2(C)C)C(=O)O. The Hall–Kier alpha value is -1.95. The number of likely N-dealkylation sites (N-methyl/N-ethyl adjacent to an activating group) is 1. The monoisotopic (exact) mass is 393 g/mol. The molecule has 158 valence electrons. The largest absolute Gasteiger partial charge is 0.478 e. The van der Waals surface area contributed by atoms with Gasteiger partial charge in [0.15, 0.2) is 0 Å². The highest BCUT2D eigenvalue weighted by Crippen LogP contribution is 2.65. The van der Waals surface area contributed by atoms with E-state index in [9.17, 15) is 14.4 Å². The van der Waals surface area contributed by atoms with Gasteiger partial charge in [0.2, 0.25) is 0 Å². The van der Waals surface area contributed by atoms with Crippen molar-refractivity contribution in [2.45, 2.75) is 53.4 Å². The van der Waals surface area contributed by atoms with E-state index in [1.165, 1.54) is 0 Å². The Bertz CT molecular complexity index is 662. The molecule has 0 aliphatic heterocycles. The molecule has 2 rings (SSSR count). The summed E-state index contributed by atoms with van der Waals surface area (Å²) in [6, 6.07) is 0. The van der Waals surface area contributed by atoms with E-state index in [-0.39, 0.29) is 16.8 Å². The van der Waals surface area contributed by atoms with Crippen LogP contribution in [0.15, 0.2) is 23.8 Å². The molecule has 0 aromatic heterocycles. The van der Waals surface area contributed by atoms with Crippen LogP contribution in [-0.2, 0) is 19.1 Å². The van der Waals surface area contributed by atoms with E-state index in [0.717, 1.165) is 19.4 Å². The highest BCUT2D eigenvalue weighted by molar-refractivity contribution is 5.90. The molecule has 2 atom stereocenters. The van der Waals surface area contributed by atoms with E-state index in [1.54, 1.807) is 19.9 Å². The second-order valence-corrected chi connectivity index (χ2v) is 8.78. The third-order valence-corrected chi connectivity index (χ3v) is 6.35. The molecule has 0 aromatic rings. The van der Waals surface area contributed by atoms with Gasteiger partial charge in [-0.1, -0.05) is 26.5 Å². The van der Waals surface area contributed by atoms with Gasteiger partial charge in [-0.25, -0.2) is 9.59 Å². The molecule has 0 aromatic carbocycles. The van der Waals surface area contributed by atoms with Gasteiger partial charge in [-0.3, -0.25) is 4.79 Å². The standard InChI is InChI=1S/C14H20O3.C8H15NO2/c1-9(12(16)17)4-6-14-7-5-10(8-11(14)15)13(14,2)3;1-7(2)8(10)11-6-5-9(3)4/h4,10H,5-8H2,1-3H3,(H,16,17);1,5-6H2,2-4H3. The molecule has 2 aliphatic rings. The molecule has 6 heteroatoms. The second kappa shape index (κ2) is 9.50. The van der Waals surface area contributed by atoms with Crippen LogP contribution in [0.1, 0.15) is 53.4 Å². The Balaban J connectivity index is 0.000000311. The lowest BCUT2D eigenvalue weighted by atomic mass is 9.67. The van der Waals surface area contributed by atoms with Gasteiger partial charge in [0.25, 0.3) is 0 Å². The normalized spacial score (nSPS) is 25.3. The Kier molecular flexibility index (Phi) is 8.17. The smallest absolute Gasteiger partial charge is 0.333 e. The Morgan fingerprint density at radius 2 is 1.93 bits per heavy atom. The van der Waals surface area contributed by atoms with Gasteiger partial charge < -0.3 is 14.7 Å². The molecule has 28 heavy (non-hydrogen) atoms. The molecule has 0 heterocycles. The minimum atomic E-state index is -0.890. The third-order valence-electron chi connectivity index (χ3n) is 6.35. The summed E-state index contributed by atoms with van der Waals surface area (Å²) in [7, 11) is 3.85. The third kappa shape index (κ3) is 5.31. The molecule has 0 saturated heterocycles. The number of ketones is 1. The summed E-state index contributed by atoms with van der Waals surface area (Å²) in [5.41, 5.74) is 0.523. The molecule has 2 bridgehead atoms. The van der Waals surface area contributed by atoms with Crippen LogP contribution in [0.4, 0.5) is 0 Å². The van der Waals surface area contributed by atoms with E-state index in [2.05, 4.69) is 20.4 Å². The Morgan fingerprint density at radius 3 is 2.32 bits per heavy atom. The number of allylic oxidation sites excluding steroid dienone is 1. The van der Waals surface area contributed by atoms with Crippen LogP contribution in [0, 0.1) is 16.7 Å². The average Bonchev–Trinajstić information content (AvgIpc) is 2.94. The molecule has 0 amide bonds. The number of carboxylic acid groups (broad SMARTS) is 1. The Morgan fingerprint density at radius 1 is 1.32 bits per heavy atom. The van der Waals surface area contributed by atoms with Crippen LogP contribution in [0.25, 0.3) is 0 Å². The van der Waals surface area contributed by atoms with Crippen LogP contribution in [0.2, 0.25) is 0 Å². The number of Topliss-reactive ketones (excluding diaryl/α,β-unsaturated/α-hetero) is 1. The van der Waals surface area contributed by atoms with Crippen molar-refractivity contribution >= 4 is 17.7 Å². The maximum absolute atomic E-state index is 12.2. The van der Waals surface area contributed by atoms with Gasteiger partial charge in [0, 0.05) is 29.5 Å². The van der Waals surface area contributed by atoms with E-state index in [0.29, 0.717) is 42.3 Å². The van der Waals surface area contributed by atoms with Crippen LogP contribution < -0.4 is 0 Å². The van der Waals surface area contributed by atoms with E-state index in [4.69, 9.17) is 9.84 Å². The second-order valence-electron chi connectivity index (χ2n) is 8.78. The molecule has 2 saturated carbocycles. The number of carboxylic acids is 1. The predicted octanol–water partition coefficient (Wildman–Crippen LogP) is 3.47. The molecule has 0 radical (unpaired) electrons. The Labute approximate surface area is 168 Å². The zero-order valence-corrected chi connectivity index (χ0v) is 18.1. The van der Waals surface area contributed by atoms with Crippen molar-refractivity contribution in [2.75, 3.05) is 27.2 Å². The first-order chi connectivity index (χ1) is 12.8.